The van der Waals surface area contributed by atoms with Crippen LogP contribution in [0.4, 0.5) is 0 Å². The molecule has 5 saturated carbocycles. The second-order valence-electron chi connectivity index (χ2n) is 19.0. The second kappa shape index (κ2) is 13.7. The van der Waals surface area contributed by atoms with E-state index in [4.69, 9.17) is 4.74 Å². The third-order valence-electron chi connectivity index (χ3n) is 16.0. The molecule has 9 atom stereocenters. The van der Waals surface area contributed by atoms with Crippen molar-refractivity contribution in [3.8, 4) is 0 Å². The van der Waals surface area contributed by atoms with E-state index in [1.807, 2.05) is 0 Å². The summed E-state index contributed by atoms with van der Waals surface area (Å²) >= 11 is 0. The molecule has 0 aromatic rings. The predicted molar refractivity (Wildman–Crippen MR) is 200 cm³/mol. The van der Waals surface area contributed by atoms with Crippen LogP contribution in [0.3, 0.4) is 0 Å². The van der Waals surface area contributed by atoms with Crippen LogP contribution in [-0.2, 0) is 14.3 Å². The summed E-state index contributed by atoms with van der Waals surface area (Å²) in [7, 11) is 0. The van der Waals surface area contributed by atoms with Gasteiger partial charge in [-0.2, -0.15) is 0 Å². The monoisotopic (exact) mass is 659 g/mol. The summed E-state index contributed by atoms with van der Waals surface area (Å²) in [6.45, 7) is 28.2. The van der Waals surface area contributed by atoms with Gasteiger partial charge in [0.25, 0.3) is 0 Å². The van der Waals surface area contributed by atoms with Crippen molar-refractivity contribution in [1.82, 2.24) is 0 Å². The number of rotatable bonds is 10. The molecular formula is C45H70O3. The highest BCUT2D eigenvalue weighted by Crippen LogP contribution is 2.77. The molecule has 5 aliphatic rings. The summed E-state index contributed by atoms with van der Waals surface area (Å²) in [5, 5.41) is 0. The Morgan fingerprint density at radius 3 is 2.10 bits per heavy atom. The highest BCUT2D eigenvalue weighted by atomic mass is 16.5. The van der Waals surface area contributed by atoms with Gasteiger partial charge in [0.1, 0.15) is 12.4 Å². The number of hydrogen-bond donors (Lipinski definition) is 0. The Morgan fingerprint density at radius 2 is 1.44 bits per heavy atom. The van der Waals surface area contributed by atoms with E-state index >= 15 is 0 Å². The number of hydrogen-bond acceptors (Lipinski definition) is 3. The van der Waals surface area contributed by atoms with Crippen molar-refractivity contribution >= 4 is 11.8 Å². The van der Waals surface area contributed by atoms with Crippen LogP contribution < -0.4 is 0 Å². The highest BCUT2D eigenvalue weighted by Gasteiger charge is 2.72. The Morgan fingerprint density at radius 1 is 0.771 bits per heavy atom. The molecule has 0 bridgehead atoms. The standard InChI is InChI=1S/C45H70O3/c1-30(2)14-12-15-32(5)16-13-17-33(6)23-29-48-40(47)45-26-20-34(31(3)4)39(45)35-18-19-37-42(9)24-22-38(46)41(7,8)36(42)21-25-44(37,11)43(35,10)27-28-45/h14,16,23,34-37,39H,3,12-13,15,17-22,24-29H2,1-2,4-11H3/b32-16+,33-23+/t34?,35-,36?,37-,39?,42+,43-,44-,45+/m1/s1. The van der Waals surface area contributed by atoms with E-state index in [1.54, 1.807) is 0 Å². The van der Waals surface area contributed by atoms with Crippen LogP contribution in [0.2, 0.25) is 0 Å². The topological polar surface area (TPSA) is 43.4 Å². The van der Waals surface area contributed by atoms with Crippen LogP contribution in [0.5, 0.6) is 0 Å². The van der Waals surface area contributed by atoms with Gasteiger partial charge < -0.3 is 4.74 Å². The van der Waals surface area contributed by atoms with Gasteiger partial charge in [0.05, 0.1) is 5.41 Å². The first-order valence-electron chi connectivity index (χ1n) is 19.7. The Labute approximate surface area is 294 Å². The molecule has 48 heavy (non-hydrogen) atoms. The maximum absolute atomic E-state index is 14.4. The van der Waals surface area contributed by atoms with Gasteiger partial charge in [-0.05, 0) is 170 Å². The lowest BCUT2D eigenvalue weighted by Crippen LogP contribution is -2.66. The van der Waals surface area contributed by atoms with Crippen molar-refractivity contribution in [3.05, 3.63) is 47.1 Å². The van der Waals surface area contributed by atoms with Crippen LogP contribution in [0.25, 0.3) is 0 Å². The Hall–Kier alpha value is -1.90. The maximum atomic E-state index is 14.4. The fourth-order valence-corrected chi connectivity index (χ4v) is 13.0. The molecule has 0 aromatic carbocycles. The minimum Gasteiger partial charge on any atom is -0.461 e. The summed E-state index contributed by atoms with van der Waals surface area (Å²) in [4.78, 5) is 27.5. The molecule has 5 aliphatic carbocycles. The third kappa shape index (κ3) is 6.18. The van der Waals surface area contributed by atoms with Crippen molar-refractivity contribution in [2.75, 3.05) is 6.61 Å². The smallest absolute Gasteiger partial charge is 0.312 e. The number of allylic oxidation sites excluding steroid dienone is 6. The van der Waals surface area contributed by atoms with Crippen molar-refractivity contribution in [2.45, 2.75) is 159 Å². The zero-order valence-electron chi connectivity index (χ0n) is 32.7. The molecule has 0 amide bonds. The van der Waals surface area contributed by atoms with Gasteiger partial charge in [-0.25, -0.2) is 0 Å². The Bertz CT molecular complexity index is 1360. The molecule has 3 nitrogen and oxygen atoms in total. The first-order chi connectivity index (χ1) is 22.4. The molecule has 3 heteroatoms. The lowest BCUT2D eigenvalue weighted by atomic mass is 9.32. The Balaban J connectivity index is 1.31. The molecule has 0 aliphatic heterocycles. The van der Waals surface area contributed by atoms with Crippen molar-refractivity contribution in [1.29, 1.82) is 0 Å². The second-order valence-corrected chi connectivity index (χ2v) is 19.0. The molecule has 3 unspecified atom stereocenters. The number of fused-ring (bicyclic) bond motifs is 7. The van der Waals surface area contributed by atoms with Crippen molar-refractivity contribution in [2.24, 2.45) is 56.7 Å². The molecule has 0 heterocycles. The number of ketones is 1. The van der Waals surface area contributed by atoms with E-state index in [-0.39, 0.29) is 33.0 Å². The molecule has 5 rings (SSSR count). The number of carbonyl (C=O) groups excluding carboxylic acids is 2. The van der Waals surface area contributed by atoms with Crippen LogP contribution >= 0.6 is 0 Å². The summed E-state index contributed by atoms with van der Waals surface area (Å²) in [5.41, 5.74) is 5.40. The molecule has 268 valence electrons. The van der Waals surface area contributed by atoms with Gasteiger partial charge in [-0.3, -0.25) is 9.59 Å². The normalized spacial score (nSPS) is 40.6. The largest absolute Gasteiger partial charge is 0.461 e. The fourth-order valence-electron chi connectivity index (χ4n) is 13.0. The van der Waals surface area contributed by atoms with E-state index in [0.29, 0.717) is 42.0 Å². The van der Waals surface area contributed by atoms with E-state index in [1.165, 1.54) is 41.6 Å². The summed E-state index contributed by atoms with van der Waals surface area (Å²) in [5.74, 6) is 2.86. The maximum Gasteiger partial charge on any atom is 0.312 e. The third-order valence-corrected chi connectivity index (χ3v) is 16.0. The van der Waals surface area contributed by atoms with Gasteiger partial charge in [0, 0.05) is 11.8 Å². The molecule has 0 N–H and O–H groups in total. The van der Waals surface area contributed by atoms with E-state index < -0.39 is 0 Å². The van der Waals surface area contributed by atoms with Crippen LogP contribution in [0.1, 0.15) is 159 Å². The lowest BCUT2D eigenvalue weighted by molar-refractivity contribution is -0.235. The van der Waals surface area contributed by atoms with E-state index in [2.05, 4.69) is 94.0 Å². The van der Waals surface area contributed by atoms with E-state index in [0.717, 1.165) is 70.6 Å². The van der Waals surface area contributed by atoms with E-state index in [9.17, 15) is 9.59 Å². The number of carbonyl (C=O) groups is 2. The van der Waals surface area contributed by atoms with Gasteiger partial charge in [0.2, 0.25) is 0 Å². The van der Waals surface area contributed by atoms with Gasteiger partial charge in [-0.15, -0.1) is 0 Å². The zero-order valence-corrected chi connectivity index (χ0v) is 32.7. The van der Waals surface area contributed by atoms with Crippen LogP contribution in [0.15, 0.2) is 47.1 Å². The molecule has 0 radical (unpaired) electrons. The minimum atomic E-state index is -0.385. The predicted octanol–water partition coefficient (Wildman–Crippen LogP) is 12.2. The molecule has 5 fully saturated rings. The van der Waals surface area contributed by atoms with Gasteiger partial charge in [0.15, 0.2) is 0 Å². The van der Waals surface area contributed by atoms with Crippen LogP contribution in [-0.4, -0.2) is 18.4 Å². The first kappa shape index (κ1) is 37.4. The zero-order chi connectivity index (χ0) is 35.3. The number of Topliss-reactive ketones (excluding diaryl/α,β-unsaturated/α-hetero) is 1. The van der Waals surface area contributed by atoms with Crippen LogP contribution in [0, 0.1) is 56.7 Å². The van der Waals surface area contributed by atoms with Gasteiger partial charge >= 0.3 is 5.97 Å². The first-order valence-corrected chi connectivity index (χ1v) is 19.7. The molecule has 0 saturated heterocycles. The number of esters is 1. The lowest BCUT2D eigenvalue weighted by Gasteiger charge is -2.72. The van der Waals surface area contributed by atoms with Crippen molar-refractivity contribution < 1.29 is 14.3 Å². The average Bonchev–Trinajstić information content (AvgIpc) is 3.41. The minimum absolute atomic E-state index is 0.0628. The van der Waals surface area contributed by atoms with Crippen molar-refractivity contribution in [3.63, 3.8) is 0 Å². The molecule has 0 spiro atoms. The van der Waals surface area contributed by atoms with Gasteiger partial charge in [-0.1, -0.05) is 75.6 Å². The SMILES string of the molecule is C=C(C)C1CC[C@]2(C(=O)OC/C=C(\C)CC/C=C(\C)CCC=C(C)C)CC[C@]3(C)[C@H](CC[C@@H]4[C@@]5(C)CCC(=O)C(C)(C)C5CC[C@]43C)C12. The highest BCUT2D eigenvalue weighted by molar-refractivity contribution is 5.85. The summed E-state index contributed by atoms with van der Waals surface area (Å²) < 4.78 is 6.25. The molecular weight excluding hydrogens is 588 g/mol. The number of ether oxygens (including phenoxy) is 1. The Kier molecular flexibility index (Phi) is 10.6. The fraction of sp³-hybridized carbons (Fsp3) is 0.778. The average molecular weight is 659 g/mol. The summed E-state index contributed by atoms with van der Waals surface area (Å²) in [6.07, 6.45) is 21.7. The summed E-state index contributed by atoms with van der Waals surface area (Å²) in [6, 6.07) is 0. The quantitative estimate of drug-likeness (QED) is 0.173. The molecule has 0 aromatic heterocycles.